The molecule has 2 heterocycles. The SMILES string of the molecule is O=C(Nc1ccc(Cl)cc1C(F)(F)F)N1CCC2(CC1)OCCCO2. The van der Waals surface area contributed by atoms with Crippen molar-refractivity contribution in [3.05, 3.63) is 28.8 Å². The zero-order chi connectivity index (χ0) is 18.1. The van der Waals surface area contributed by atoms with Gasteiger partial charge in [0.1, 0.15) is 0 Å². The van der Waals surface area contributed by atoms with E-state index in [4.69, 9.17) is 21.1 Å². The maximum Gasteiger partial charge on any atom is 0.418 e. The number of rotatable bonds is 1. The van der Waals surface area contributed by atoms with Gasteiger partial charge in [-0.15, -0.1) is 0 Å². The molecular formula is C16H18ClF3N2O3. The van der Waals surface area contributed by atoms with Crippen LogP contribution >= 0.6 is 11.6 Å². The number of alkyl halides is 3. The standard InChI is InChI=1S/C16H18ClF3N2O3/c17-11-2-3-13(12(10-11)16(18,19)20)21-14(23)22-6-4-15(5-7-22)24-8-1-9-25-15/h2-3,10H,1,4-9H2,(H,21,23). The smallest absolute Gasteiger partial charge is 0.350 e. The summed E-state index contributed by atoms with van der Waals surface area (Å²) in [5.41, 5.74) is -1.28. The molecule has 0 atom stereocenters. The van der Waals surface area contributed by atoms with Gasteiger partial charge >= 0.3 is 12.2 Å². The highest BCUT2D eigenvalue weighted by molar-refractivity contribution is 6.30. The number of hydrogen-bond acceptors (Lipinski definition) is 3. The molecule has 0 saturated carbocycles. The molecule has 0 bridgehead atoms. The monoisotopic (exact) mass is 378 g/mol. The number of nitrogens with one attached hydrogen (secondary N) is 1. The normalized spacial score (nSPS) is 20.6. The number of halogens is 4. The summed E-state index contributed by atoms with van der Waals surface area (Å²) in [5, 5.41) is 2.29. The third kappa shape index (κ3) is 4.19. The van der Waals surface area contributed by atoms with E-state index in [2.05, 4.69) is 5.32 Å². The molecule has 9 heteroatoms. The average Bonchev–Trinajstić information content (AvgIpc) is 2.57. The molecule has 2 fully saturated rings. The third-order valence-electron chi connectivity index (χ3n) is 4.36. The van der Waals surface area contributed by atoms with Gasteiger partial charge in [-0.25, -0.2) is 4.79 Å². The Kier molecular flexibility index (Phi) is 5.13. The van der Waals surface area contributed by atoms with Gasteiger partial charge in [0.25, 0.3) is 0 Å². The fraction of sp³-hybridized carbons (Fsp3) is 0.562. The van der Waals surface area contributed by atoms with E-state index >= 15 is 0 Å². The Morgan fingerprint density at radius 1 is 1.20 bits per heavy atom. The van der Waals surface area contributed by atoms with Crippen LogP contribution in [0.25, 0.3) is 0 Å². The van der Waals surface area contributed by atoms with E-state index in [1.54, 1.807) is 0 Å². The average molecular weight is 379 g/mol. The topological polar surface area (TPSA) is 50.8 Å². The maximum atomic E-state index is 13.1. The lowest BCUT2D eigenvalue weighted by atomic mass is 10.0. The Morgan fingerprint density at radius 2 is 1.84 bits per heavy atom. The van der Waals surface area contributed by atoms with Crippen LogP contribution in [0.5, 0.6) is 0 Å². The number of piperidine rings is 1. The van der Waals surface area contributed by atoms with Gasteiger partial charge in [0.15, 0.2) is 5.79 Å². The minimum atomic E-state index is -4.61. The summed E-state index contributed by atoms with van der Waals surface area (Å²) in [6.45, 7) is 1.93. The first-order valence-electron chi connectivity index (χ1n) is 8.00. The number of nitrogens with zero attached hydrogens (tertiary/aromatic N) is 1. The Morgan fingerprint density at radius 3 is 2.44 bits per heavy atom. The number of benzene rings is 1. The van der Waals surface area contributed by atoms with Crippen molar-refractivity contribution >= 4 is 23.3 Å². The molecule has 0 aromatic heterocycles. The minimum absolute atomic E-state index is 0.0446. The van der Waals surface area contributed by atoms with Gasteiger partial charge in [0.2, 0.25) is 0 Å². The lowest BCUT2D eigenvalue weighted by Gasteiger charge is -2.43. The van der Waals surface area contributed by atoms with Crippen molar-refractivity contribution in [1.29, 1.82) is 0 Å². The van der Waals surface area contributed by atoms with E-state index in [1.165, 1.54) is 11.0 Å². The maximum absolute atomic E-state index is 13.1. The van der Waals surface area contributed by atoms with Crippen LogP contribution in [-0.2, 0) is 15.7 Å². The number of ether oxygens (including phenoxy) is 2. The van der Waals surface area contributed by atoms with Gasteiger partial charge in [0, 0.05) is 31.0 Å². The molecule has 5 nitrogen and oxygen atoms in total. The number of likely N-dealkylation sites (tertiary alicyclic amines) is 1. The van der Waals surface area contributed by atoms with Crippen molar-refractivity contribution in [2.24, 2.45) is 0 Å². The molecule has 1 aromatic rings. The molecule has 2 aliphatic heterocycles. The van der Waals surface area contributed by atoms with Crippen LogP contribution in [0.3, 0.4) is 0 Å². The molecule has 2 amide bonds. The van der Waals surface area contributed by atoms with Gasteiger partial charge in [-0.3, -0.25) is 0 Å². The number of urea groups is 1. The lowest BCUT2D eigenvalue weighted by Crippen LogP contribution is -2.52. The minimum Gasteiger partial charge on any atom is -0.350 e. The first-order valence-corrected chi connectivity index (χ1v) is 8.37. The summed E-state index contributed by atoms with van der Waals surface area (Å²) in [7, 11) is 0. The van der Waals surface area contributed by atoms with E-state index in [0.717, 1.165) is 18.6 Å². The van der Waals surface area contributed by atoms with Crippen molar-refractivity contribution in [3.63, 3.8) is 0 Å². The predicted octanol–water partition coefficient (Wildman–Crippen LogP) is 4.12. The van der Waals surface area contributed by atoms with Gasteiger partial charge in [-0.05, 0) is 24.6 Å². The number of anilines is 1. The number of carbonyl (C=O) groups is 1. The predicted molar refractivity (Wildman–Crippen MR) is 85.5 cm³/mol. The van der Waals surface area contributed by atoms with Crippen LogP contribution in [0.1, 0.15) is 24.8 Å². The molecule has 0 radical (unpaired) electrons. The summed E-state index contributed by atoms with van der Waals surface area (Å²) in [4.78, 5) is 13.8. The van der Waals surface area contributed by atoms with Crippen LogP contribution in [0.2, 0.25) is 5.02 Å². The molecule has 25 heavy (non-hydrogen) atoms. The molecule has 2 saturated heterocycles. The summed E-state index contributed by atoms with van der Waals surface area (Å²) in [6.07, 6.45) is -2.79. The molecule has 3 rings (SSSR count). The molecule has 1 aromatic carbocycles. The van der Waals surface area contributed by atoms with Crippen molar-refractivity contribution in [3.8, 4) is 0 Å². The third-order valence-corrected chi connectivity index (χ3v) is 4.60. The summed E-state index contributed by atoms with van der Waals surface area (Å²) >= 11 is 5.64. The molecule has 2 aliphatic rings. The summed E-state index contributed by atoms with van der Waals surface area (Å²) in [6, 6.07) is 2.67. The second kappa shape index (κ2) is 7.01. The van der Waals surface area contributed by atoms with Crippen LogP contribution in [0.15, 0.2) is 18.2 Å². The summed E-state index contributed by atoms with van der Waals surface area (Å²) in [5.74, 6) is -0.660. The Hall–Kier alpha value is -1.51. The van der Waals surface area contributed by atoms with Crippen molar-refractivity contribution in [2.75, 3.05) is 31.6 Å². The molecule has 0 aliphatic carbocycles. The molecular weight excluding hydrogens is 361 g/mol. The zero-order valence-corrected chi connectivity index (χ0v) is 14.1. The van der Waals surface area contributed by atoms with Crippen LogP contribution in [-0.4, -0.2) is 43.0 Å². The van der Waals surface area contributed by atoms with Gasteiger partial charge in [0.05, 0.1) is 24.5 Å². The van der Waals surface area contributed by atoms with E-state index in [0.29, 0.717) is 39.1 Å². The van der Waals surface area contributed by atoms with Crippen molar-refractivity contribution < 1.29 is 27.4 Å². The Bertz CT molecular complexity index is 638. The number of amides is 2. The fourth-order valence-electron chi connectivity index (χ4n) is 3.01. The first-order chi connectivity index (χ1) is 11.8. The Labute approximate surface area is 148 Å². The van der Waals surface area contributed by atoms with Crippen LogP contribution < -0.4 is 5.32 Å². The van der Waals surface area contributed by atoms with E-state index in [-0.39, 0.29) is 10.7 Å². The van der Waals surface area contributed by atoms with E-state index in [1.807, 2.05) is 0 Å². The lowest BCUT2D eigenvalue weighted by molar-refractivity contribution is -0.281. The Balaban J connectivity index is 1.66. The second-order valence-electron chi connectivity index (χ2n) is 6.07. The molecule has 1 N–H and O–H groups in total. The second-order valence-corrected chi connectivity index (χ2v) is 6.50. The van der Waals surface area contributed by atoms with E-state index < -0.39 is 23.6 Å². The zero-order valence-electron chi connectivity index (χ0n) is 13.4. The number of hydrogen-bond donors (Lipinski definition) is 1. The van der Waals surface area contributed by atoms with Crippen LogP contribution in [0.4, 0.5) is 23.7 Å². The van der Waals surface area contributed by atoms with Crippen molar-refractivity contribution in [2.45, 2.75) is 31.2 Å². The van der Waals surface area contributed by atoms with E-state index in [9.17, 15) is 18.0 Å². The molecule has 138 valence electrons. The highest BCUT2D eigenvalue weighted by Gasteiger charge is 2.40. The first kappa shape index (κ1) is 18.3. The number of carbonyl (C=O) groups excluding carboxylic acids is 1. The quantitative estimate of drug-likeness (QED) is 0.799. The largest absolute Gasteiger partial charge is 0.418 e. The van der Waals surface area contributed by atoms with Gasteiger partial charge in [-0.1, -0.05) is 11.6 Å². The van der Waals surface area contributed by atoms with Gasteiger partial charge < -0.3 is 19.7 Å². The highest BCUT2D eigenvalue weighted by atomic mass is 35.5. The van der Waals surface area contributed by atoms with Gasteiger partial charge in [-0.2, -0.15) is 13.2 Å². The summed E-state index contributed by atoms with van der Waals surface area (Å²) < 4.78 is 50.7. The fourth-order valence-corrected chi connectivity index (χ4v) is 3.18. The van der Waals surface area contributed by atoms with Crippen LogP contribution in [0, 0.1) is 0 Å². The molecule has 1 spiro atoms. The highest BCUT2D eigenvalue weighted by Crippen LogP contribution is 2.37. The van der Waals surface area contributed by atoms with Crippen molar-refractivity contribution in [1.82, 2.24) is 4.90 Å². The molecule has 0 unspecified atom stereocenters.